The van der Waals surface area contributed by atoms with Crippen LogP contribution in [0.5, 0.6) is 5.75 Å². The summed E-state index contributed by atoms with van der Waals surface area (Å²) in [5.41, 5.74) is 2.45. The number of piperidine rings is 1. The molecule has 0 radical (unpaired) electrons. The lowest BCUT2D eigenvalue weighted by Gasteiger charge is -2.42. The van der Waals surface area contributed by atoms with Crippen molar-refractivity contribution in [3.63, 3.8) is 0 Å². The van der Waals surface area contributed by atoms with Crippen molar-refractivity contribution < 1.29 is 19.1 Å². The Hall–Kier alpha value is -3.35. The van der Waals surface area contributed by atoms with E-state index in [1.54, 1.807) is 21.9 Å². The van der Waals surface area contributed by atoms with Crippen LogP contribution in [0.3, 0.4) is 0 Å². The molecule has 7 nitrogen and oxygen atoms in total. The maximum atomic E-state index is 12.8. The Kier molecular flexibility index (Phi) is 7.27. The average molecular weight is 450 g/mol. The first kappa shape index (κ1) is 22.8. The van der Waals surface area contributed by atoms with E-state index in [0.717, 1.165) is 42.6 Å². The first-order valence-electron chi connectivity index (χ1n) is 11.7. The molecule has 2 heterocycles. The predicted octanol–water partition coefficient (Wildman–Crippen LogP) is 3.13. The van der Waals surface area contributed by atoms with Crippen LogP contribution in [-0.2, 0) is 22.7 Å². The Labute approximate surface area is 194 Å². The van der Waals surface area contributed by atoms with E-state index in [9.17, 15) is 14.4 Å². The van der Waals surface area contributed by atoms with E-state index in [2.05, 4.69) is 12.2 Å². The van der Waals surface area contributed by atoms with Crippen molar-refractivity contribution in [2.75, 3.05) is 19.7 Å². The first-order chi connectivity index (χ1) is 16.0. The number of nitrogens with one attached hydrogen (secondary N) is 1. The number of benzene rings is 2. The maximum Gasteiger partial charge on any atom is 0.251 e. The first-order valence-corrected chi connectivity index (χ1v) is 11.7. The number of rotatable bonds is 8. The highest BCUT2D eigenvalue weighted by atomic mass is 16.5. The van der Waals surface area contributed by atoms with Gasteiger partial charge in [-0.05, 0) is 61.1 Å². The Morgan fingerprint density at radius 3 is 2.48 bits per heavy atom. The second-order valence-electron chi connectivity index (χ2n) is 8.67. The van der Waals surface area contributed by atoms with Crippen molar-refractivity contribution in [3.05, 3.63) is 65.2 Å². The highest BCUT2D eigenvalue weighted by Crippen LogP contribution is 2.24. The summed E-state index contributed by atoms with van der Waals surface area (Å²) in [5, 5.41) is 2.93. The van der Waals surface area contributed by atoms with Crippen LogP contribution in [0.4, 0.5) is 0 Å². The Balaban J connectivity index is 1.30. The molecule has 7 heteroatoms. The second-order valence-corrected chi connectivity index (χ2v) is 8.67. The van der Waals surface area contributed by atoms with Gasteiger partial charge in [0.2, 0.25) is 11.8 Å². The van der Waals surface area contributed by atoms with E-state index in [1.165, 1.54) is 0 Å². The number of piperazine rings is 1. The largest absolute Gasteiger partial charge is 0.494 e. The van der Waals surface area contributed by atoms with Crippen LogP contribution in [-0.4, -0.2) is 53.3 Å². The van der Waals surface area contributed by atoms with Crippen LogP contribution in [0.25, 0.3) is 0 Å². The fourth-order valence-electron chi connectivity index (χ4n) is 4.35. The number of fused-ring (bicyclic) bond motifs is 1. The molecule has 0 aliphatic carbocycles. The van der Waals surface area contributed by atoms with Crippen molar-refractivity contribution in [3.8, 4) is 5.75 Å². The Morgan fingerprint density at radius 2 is 1.76 bits per heavy atom. The van der Waals surface area contributed by atoms with Crippen molar-refractivity contribution >= 4 is 17.7 Å². The van der Waals surface area contributed by atoms with Crippen molar-refractivity contribution in [2.45, 2.75) is 51.7 Å². The molecule has 4 rings (SSSR count). The van der Waals surface area contributed by atoms with Crippen LogP contribution in [0.1, 0.15) is 54.1 Å². The summed E-state index contributed by atoms with van der Waals surface area (Å²) < 4.78 is 5.58. The van der Waals surface area contributed by atoms with Crippen LogP contribution in [0.15, 0.2) is 48.5 Å². The number of carbonyl (C=O) groups excluding carboxylic acids is 3. The summed E-state index contributed by atoms with van der Waals surface area (Å²) >= 11 is 0. The summed E-state index contributed by atoms with van der Waals surface area (Å²) in [5.74, 6) is 0.727. The van der Waals surface area contributed by atoms with Gasteiger partial charge in [0.25, 0.3) is 5.91 Å². The zero-order valence-corrected chi connectivity index (χ0v) is 19.1. The standard InChI is InChI=1S/C26H31N3O4/c1-2-15-33-22-12-8-19(9-13-22)16-27-25(31)21-10-6-20(7-11-21)17-28-18-24(30)29-14-4-3-5-23(29)26(28)32/h6-13,23H,2-5,14-18H2,1H3,(H,27,31)/t23-/m0/s1. The number of hydrogen-bond donors (Lipinski definition) is 1. The van der Waals surface area contributed by atoms with E-state index in [1.807, 2.05) is 36.4 Å². The lowest BCUT2D eigenvalue weighted by Crippen LogP contribution is -2.60. The van der Waals surface area contributed by atoms with Crippen molar-refractivity contribution in [1.82, 2.24) is 15.1 Å². The quantitative estimate of drug-likeness (QED) is 0.672. The van der Waals surface area contributed by atoms with E-state index in [4.69, 9.17) is 4.74 Å². The predicted molar refractivity (Wildman–Crippen MR) is 125 cm³/mol. The van der Waals surface area contributed by atoms with Gasteiger partial charge in [-0.25, -0.2) is 0 Å². The highest BCUT2D eigenvalue weighted by Gasteiger charge is 2.40. The molecule has 33 heavy (non-hydrogen) atoms. The summed E-state index contributed by atoms with van der Waals surface area (Å²) in [7, 11) is 0. The topological polar surface area (TPSA) is 79.0 Å². The highest BCUT2D eigenvalue weighted by molar-refractivity contribution is 5.95. The average Bonchev–Trinajstić information content (AvgIpc) is 2.85. The van der Waals surface area contributed by atoms with Crippen LogP contribution < -0.4 is 10.1 Å². The normalized spacial score (nSPS) is 18.2. The molecule has 0 unspecified atom stereocenters. The minimum Gasteiger partial charge on any atom is -0.494 e. The number of carbonyl (C=O) groups is 3. The van der Waals surface area contributed by atoms with Gasteiger partial charge in [-0.15, -0.1) is 0 Å². The third kappa shape index (κ3) is 5.53. The molecule has 2 saturated heterocycles. The fourth-order valence-corrected chi connectivity index (χ4v) is 4.35. The van der Waals surface area contributed by atoms with Crippen molar-refractivity contribution in [1.29, 1.82) is 0 Å². The van der Waals surface area contributed by atoms with Crippen LogP contribution >= 0.6 is 0 Å². The Bertz CT molecular complexity index is 988. The zero-order valence-electron chi connectivity index (χ0n) is 19.1. The minimum atomic E-state index is -0.308. The van der Waals surface area contributed by atoms with Gasteiger partial charge >= 0.3 is 0 Å². The van der Waals surface area contributed by atoms with Gasteiger partial charge in [0, 0.05) is 25.2 Å². The molecule has 2 aliphatic heterocycles. The molecule has 0 spiro atoms. The molecule has 0 aromatic heterocycles. The van der Waals surface area contributed by atoms with E-state index >= 15 is 0 Å². The molecule has 1 N–H and O–H groups in total. The van der Waals surface area contributed by atoms with Gasteiger partial charge in [0.05, 0.1) is 6.61 Å². The number of ether oxygens (including phenoxy) is 1. The van der Waals surface area contributed by atoms with Gasteiger partial charge in [-0.1, -0.05) is 31.2 Å². The van der Waals surface area contributed by atoms with Gasteiger partial charge in [-0.2, -0.15) is 0 Å². The van der Waals surface area contributed by atoms with Gasteiger partial charge < -0.3 is 19.9 Å². The molecular formula is C26H31N3O4. The molecule has 2 aromatic rings. The fraction of sp³-hybridized carbons (Fsp3) is 0.423. The Morgan fingerprint density at radius 1 is 1.03 bits per heavy atom. The maximum absolute atomic E-state index is 12.8. The summed E-state index contributed by atoms with van der Waals surface area (Å²) in [6.07, 6.45) is 3.66. The monoisotopic (exact) mass is 449 g/mol. The molecule has 2 fully saturated rings. The van der Waals surface area contributed by atoms with Crippen LogP contribution in [0, 0.1) is 0 Å². The smallest absolute Gasteiger partial charge is 0.251 e. The molecule has 0 bridgehead atoms. The summed E-state index contributed by atoms with van der Waals surface area (Å²) in [4.78, 5) is 41.2. The lowest BCUT2D eigenvalue weighted by atomic mass is 9.98. The third-order valence-corrected chi connectivity index (χ3v) is 6.18. The third-order valence-electron chi connectivity index (χ3n) is 6.18. The summed E-state index contributed by atoms with van der Waals surface area (Å²) in [6.45, 7) is 4.37. The molecule has 0 saturated carbocycles. The summed E-state index contributed by atoms with van der Waals surface area (Å²) in [6, 6.07) is 14.6. The van der Waals surface area contributed by atoms with Gasteiger partial charge in [0.15, 0.2) is 0 Å². The number of amides is 3. The molecule has 3 amide bonds. The van der Waals surface area contributed by atoms with E-state index in [-0.39, 0.29) is 30.3 Å². The van der Waals surface area contributed by atoms with E-state index in [0.29, 0.717) is 31.8 Å². The molecule has 1 atom stereocenters. The number of nitrogens with zero attached hydrogens (tertiary/aromatic N) is 2. The zero-order chi connectivity index (χ0) is 23.2. The molecule has 174 valence electrons. The molecule has 2 aromatic carbocycles. The minimum absolute atomic E-state index is 0.0280. The van der Waals surface area contributed by atoms with E-state index < -0.39 is 0 Å². The van der Waals surface area contributed by atoms with Crippen LogP contribution in [0.2, 0.25) is 0 Å². The van der Waals surface area contributed by atoms with Gasteiger partial charge in [0.1, 0.15) is 18.3 Å². The van der Waals surface area contributed by atoms with Crippen molar-refractivity contribution in [2.24, 2.45) is 0 Å². The molecule has 2 aliphatic rings. The van der Waals surface area contributed by atoms with Gasteiger partial charge in [-0.3, -0.25) is 14.4 Å². The lowest BCUT2D eigenvalue weighted by molar-refractivity contribution is -0.158. The molecular weight excluding hydrogens is 418 g/mol. The number of hydrogen-bond acceptors (Lipinski definition) is 4. The second kappa shape index (κ2) is 10.5. The SMILES string of the molecule is CCCOc1ccc(CNC(=O)c2ccc(CN3CC(=O)N4CCCC[C@H]4C3=O)cc2)cc1.